The second kappa shape index (κ2) is 9.30. The fourth-order valence-electron chi connectivity index (χ4n) is 2.74. The summed E-state index contributed by atoms with van der Waals surface area (Å²) in [6.45, 7) is 1.94. The third-order valence-electron chi connectivity index (χ3n) is 4.04. The molecule has 2 aromatic carbocycles. The van der Waals surface area contributed by atoms with Crippen molar-refractivity contribution < 1.29 is 9.53 Å². The normalized spacial score (nSPS) is 16.2. The molecule has 2 N–H and O–H groups in total. The Bertz CT molecular complexity index is 643. The second-order valence-electron chi connectivity index (χ2n) is 5.75. The number of nitrogens with one attached hydrogen (secondary N) is 2. The minimum absolute atomic E-state index is 0. The predicted octanol–water partition coefficient (Wildman–Crippen LogP) is 3.06. The Morgan fingerprint density at radius 2 is 1.88 bits per heavy atom. The van der Waals surface area contributed by atoms with E-state index in [1.807, 2.05) is 54.6 Å². The van der Waals surface area contributed by atoms with Crippen LogP contribution in [0.25, 0.3) is 0 Å². The summed E-state index contributed by atoms with van der Waals surface area (Å²) in [7, 11) is 0. The van der Waals surface area contributed by atoms with Crippen molar-refractivity contribution in [3.05, 3.63) is 65.7 Å². The van der Waals surface area contributed by atoms with Gasteiger partial charge in [0.2, 0.25) is 5.91 Å². The minimum Gasteiger partial charge on any atom is -0.489 e. The van der Waals surface area contributed by atoms with Crippen LogP contribution in [0, 0.1) is 0 Å². The SMILES string of the molecule is Cl.O=C(NCc1ccccc1OCc1ccccc1)C1CCCN1. The molecule has 0 spiro atoms. The molecule has 0 aromatic heterocycles. The summed E-state index contributed by atoms with van der Waals surface area (Å²) in [4.78, 5) is 12.1. The first-order valence-corrected chi connectivity index (χ1v) is 8.08. The van der Waals surface area contributed by atoms with Crippen molar-refractivity contribution in [1.82, 2.24) is 10.6 Å². The van der Waals surface area contributed by atoms with Crippen molar-refractivity contribution in [3.63, 3.8) is 0 Å². The molecule has 2 aromatic rings. The molecule has 1 aliphatic heterocycles. The van der Waals surface area contributed by atoms with Crippen LogP contribution < -0.4 is 15.4 Å². The Hall–Kier alpha value is -2.04. The quantitative estimate of drug-likeness (QED) is 0.845. The lowest BCUT2D eigenvalue weighted by molar-refractivity contribution is -0.122. The topological polar surface area (TPSA) is 50.4 Å². The molecular formula is C19H23ClN2O2. The van der Waals surface area contributed by atoms with E-state index in [4.69, 9.17) is 4.74 Å². The first-order valence-electron chi connectivity index (χ1n) is 8.08. The number of carbonyl (C=O) groups is 1. The van der Waals surface area contributed by atoms with Gasteiger partial charge in [0, 0.05) is 12.1 Å². The molecule has 4 nitrogen and oxygen atoms in total. The molecule has 3 rings (SSSR count). The largest absolute Gasteiger partial charge is 0.489 e. The standard InChI is InChI=1S/C19H22N2O2.ClH/c22-19(17-10-6-12-20-17)21-13-16-9-4-5-11-18(16)23-14-15-7-2-1-3-8-15;/h1-5,7-9,11,17,20H,6,10,12-14H2,(H,21,22);1H. The lowest BCUT2D eigenvalue weighted by Gasteiger charge is -2.14. The van der Waals surface area contributed by atoms with Crippen molar-refractivity contribution >= 4 is 18.3 Å². The zero-order valence-electron chi connectivity index (χ0n) is 13.5. The highest BCUT2D eigenvalue weighted by Gasteiger charge is 2.21. The van der Waals surface area contributed by atoms with Crippen molar-refractivity contribution in [2.24, 2.45) is 0 Å². The van der Waals surface area contributed by atoms with Gasteiger partial charge in [-0.2, -0.15) is 0 Å². The highest BCUT2D eigenvalue weighted by Crippen LogP contribution is 2.19. The summed E-state index contributed by atoms with van der Waals surface area (Å²) in [6, 6.07) is 17.9. The van der Waals surface area contributed by atoms with E-state index in [1.54, 1.807) is 0 Å². The van der Waals surface area contributed by atoms with Crippen LogP contribution in [0.5, 0.6) is 5.75 Å². The molecule has 1 aliphatic rings. The maximum atomic E-state index is 12.1. The van der Waals surface area contributed by atoms with E-state index in [9.17, 15) is 4.79 Å². The molecule has 1 amide bonds. The molecular weight excluding hydrogens is 324 g/mol. The number of benzene rings is 2. The molecule has 0 radical (unpaired) electrons. The van der Waals surface area contributed by atoms with Crippen molar-refractivity contribution in [2.75, 3.05) is 6.54 Å². The second-order valence-corrected chi connectivity index (χ2v) is 5.75. The number of halogens is 1. The number of hydrogen-bond donors (Lipinski definition) is 2. The monoisotopic (exact) mass is 346 g/mol. The lowest BCUT2D eigenvalue weighted by atomic mass is 10.1. The molecule has 0 saturated carbocycles. The predicted molar refractivity (Wildman–Crippen MR) is 97.3 cm³/mol. The summed E-state index contributed by atoms with van der Waals surface area (Å²) in [5.74, 6) is 0.886. The van der Waals surface area contributed by atoms with E-state index in [1.165, 1.54) is 0 Å². The van der Waals surface area contributed by atoms with E-state index >= 15 is 0 Å². The first kappa shape index (κ1) is 18.3. The molecule has 0 bridgehead atoms. The third kappa shape index (κ3) is 4.98. The number of carbonyl (C=O) groups excluding carboxylic acids is 1. The molecule has 0 aliphatic carbocycles. The van der Waals surface area contributed by atoms with E-state index < -0.39 is 0 Å². The van der Waals surface area contributed by atoms with E-state index in [-0.39, 0.29) is 24.4 Å². The highest BCUT2D eigenvalue weighted by atomic mass is 35.5. The fourth-order valence-corrected chi connectivity index (χ4v) is 2.74. The summed E-state index contributed by atoms with van der Waals surface area (Å²) < 4.78 is 5.91. The number of amides is 1. The van der Waals surface area contributed by atoms with Crippen LogP contribution in [0.4, 0.5) is 0 Å². The number of para-hydroxylation sites is 1. The molecule has 5 heteroatoms. The van der Waals surface area contributed by atoms with Crippen LogP contribution in [-0.2, 0) is 17.9 Å². The summed E-state index contributed by atoms with van der Waals surface area (Å²) in [6.07, 6.45) is 1.98. The smallest absolute Gasteiger partial charge is 0.237 e. The van der Waals surface area contributed by atoms with Crippen molar-refractivity contribution in [2.45, 2.75) is 32.0 Å². The summed E-state index contributed by atoms with van der Waals surface area (Å²) in [5, 5.41) is 6.21. The molecule has 128 valence electrons. The Kier molecular flexibility index (Phi) is 7.09. The minimum atomic E-state index is -0.0487. The Balaban J connectivity index is 0.00000208. The Morgan fingerprint density at radius 3 is 2.62 bits per heavy atom. The van der Waals surface area contributed by atoms with Gasteiger partial charge in [-0.3, -0.25) is 4.79 Å². The lowest BCUT2D eigenvalue weighted by Crippen LogP contribution is -2.40. The Labute approximate surface area is 149 Å². The van der Waals surface area contributed by atoms with Crippen LogP contribution in [0.1, 0.15) is 24.0 Å². The average molecular weight is 347 g/mol. The van der Waals surface area contributed by atoms with Gasteiger partial charge in [-0.15, -0.1) is 12.4 Å². The number of ether oxygens (including phenoxy) is 1. The van der Waals surface area contributed by atoms with Gasteiger partial charge in [-0.05, 0) is 31.0 Å². The molecule has 1 saturated heterocycles. The van der Waals surface area contributed by atoms with Gasteiger partial charge in [0.15, 0.2) is 0 Å². The van der Waals surface area contributed by atoms with Crippen LogP contribution in [0.15, 0.2) is 54.6 Å². The van der Waals surface area contributed by atoms with E-state index in [0.717, 1.165) is 36.3 Å². The molecule has 24 heavy (non-hydrogen) atoms. The van der Waals surface area contributed by atoms with Gasteiger partial charge in [0.25, 0.3) is 0 Å². The average Bonchev–Trinajstić information content (AvgIpc) is 3.14. The van der Waals surface area contributed by atoms with Gasteiger partial charge in [-0.1, -0.05) is 48.5 Å². The van der Waals surface area contributed by atoms with Gasteiger partial charge < -0.3 is 15.4 Å². The van der Waals surface area contributed by atoms with Gasteiger partial charge in [0.1, 0.15) is 12.4 Å². The zero-order chi connectivity index (χ0) is 15.9. The maximum absolute atomic E-state index is 12.1. The molecule has 1 heterocycles. The first-order chi connectivity index (χ1) is 11.3. The van der Waals surface area contributed by atoms with Crippen molar-refractivity contribution in [3.8, 4) is 5.75 Å². The van der Waals surface area contributed by atoms with Gasteiger partial charge >= 0.3 is 0 Å². The molecule has 1 fully saturated rings. The number of hydrogen-bond acceptors (Lipinski definition) is 3. The highest BCUT2D eigenvalue weighted by molar-refractivity contribution is 5.85. The molecule has 1 atom stereocenters. The summed E-state index contributed by atoms with van der Waals surface area (Å²) in [5.41, 5.74) is 2.12. The van der Waals surface area contributed by atoms with Crippen LogP contribution in [0.3, 0.4) is 0 Å². The van der Waals surface area contributed by atoms with Gasteiger partial charge in [-0.25, -0.2) is 0 Å². The fraction of sp³-hybridized carbons (Fsp3) is 0.316. The summed E-state index contributed by atoms with van der Waals surface area (Å²) >= 11 is 0. The van der Waals surface area contributed by atoms with E-state index in [2.05, 4.69) is 10.6 Å². The Morgan fingerprint density at radius 1 is 1.12 bits per heavy atom. The van der Waals surface area contributed by atoms with Crippen LogP contribution in [0.2, 0.25) is 0 Å². The molecule has 1 unspecified atom stereocenters. The maximum Gasteiger partial charge on any atom is 0.237 e. The number of rotatable bonds is 6. The van der Waals surface area contributed by atoms with Crippen LogP contribution >= 0.6 is 12.4 Å². The van der Waals surface area contributed by atoms with Crippen molar-refractivity contribution in [1.29, 1.82) is 0 Å². The van der Waals surface area contributed by atoms with Gasteiger partial charge in [0.05, 0.1) is 6.04 Å². The van der Waals surface area contributed by atoms with Crippen LogP contribution in [-0.4, -0.2) is 18.5 Å². The zero-order valence-corrected chi connectivity index (χ0v) is 14.4. The van der Waals surface area contributed by atoms with E-state index in [0.29, 0.717) is 13.2 Å². The third-order valence-corrected chi connectivity index (χ3v) is 4.04.